The van der Waals surface area contributed by atoms with Gasteiger partial charge in [0.2, 0.25) is 0 Å². The van der Waals surface area contributed by atoms with E-state index in [9.17, 15) is 0 Å². The van der Waals surface area contributed by atoms with E-state index in [0.29, 0.717) is 0 Å². The smallest absolute Gasteiger partial charge is 0.0367 e. The lowest BCUT2D eigenvalue weighted by atomic mass is 9.92. The second-order valence-electron chi connectivity index (χ2n) is 8.07. The molecule has 0 N–H and O–H groups in total. The summed E-state index contributed by atoms with van der Waals surface area (Å²) in [5.41, 5.74) is 1.23. The lowest BCUT2D eigenvalue weighted by Gasteiger charge is -2.15. The van der Waals surface area contributed by atoms with E-state index >= 15 is 0 Å². The molecular formula is C28H21N. The molecule has 0 spiro atoms. The summed E-state index contributed by atoms with van der Waals surface area (Å²) in [6.45, 7) is 0. The Bertz CT molecular complexity index is 1570. The average Bonchev–Trinajstić information content (AvgIpc) is 2.77. The lowest BCUT2D eigenvalue weighted by Crippen LogP contribution is -2.07. The molecule has 0 amide bonds. The summed E-state index contributed by atoms with van der Waals surface area (Å²) in [5.74, 6) is 0. The Kier molecular flexibility index (Phi) is 3.36. The van der Waals surface area contributed by atoms with Gasteiger partial charge in [-0.05, 0) is 66.0 Å². The van der Waals surface area contributed by atoms with Crippen molar-refractivity contribution < 1.29 is 0 Å². The van der Waals surface area contributed by atoms with Gasteiger partial charge in [-0.25, -0.2) is 0 Å². The SMILES string of the molecule is CN(C)c1ccc2c(ccc3c2ccc2c4ccc5ccccc5c4ccc32)c1. The number of anilines is 1. The van der Waals surface area contributed by atoms with E-state index in [1.165, 1.54) is 59.5 Å². The molecule has 0 fully saturated rings. The summed E-state index contributed by atoms with van der Waals surface area (Å²) in [6, 6.07) is 33.6. The Morgan fingerprint density at radius 3 is 1.48 bits per heavy atom. The highest BCUT2D eigenvalue weighted by Crippen LogP contribution is 2.37. The average molecular weight is 371 g/mol. The van der Waals surface area contributed by atoms with Crippen molar-refractivity contribution in [2.75, 3.05) is 19.0 Å². The van der Waals surface area contributed by atoms with E-state index in [4.69, 9.17) is 0 Å². The maximum atomic E-state index is 2.30. The number of benzene rings is 6. The van der Waals surface area contributed by atoms with Crippen LogP contribution in [0.5, 0.6) is 0 Å². The van der Waals surface area contributed by atoms with Gasteiger partial charge in [-0.15, -0.1) is 0 Å². The number of hydrogen-bond donors (Lipinski definition) is 0. The summed E-state index contributed by atoms with van der Waals surface area (Å²) < 4.78 is 0. The van der Waals surface area contributed by atoms with Gasteiger partial charge in [-0.3, -0.25) is 0 Å². The second-order valence-corrected chi connectivity index (χ2v) is 8.07. The maximum absolute atomic E-state index is 2.30. The third-order valence-electron chi connectivity index (χ3n) is 6.24. The molecular weight excluding hydrogens is 350 g/mol. The van der Waals surface area contributed by atoms with Gasteiger partial charge in [-0.2, -0.15) is 0 Å². The van der Waals surface area contributed by atoms with Gasteiger partial charge in [-0.1, -0.05) is 78.9 Å². The standard InChI is InChI=1S/C28H21N/c1-29(2)20-9-12-22-19(17-20)8-11-26-24(22)14-16-27-25-10-7-18-5-3-4-6-21(18)23(25)13-15-28(26)27/h3-17H,1-2H3. The molecule has 138 valence electrons. The highest BCUT2D eigenvalue weighted by atomic mass is 15.1. The van der Waals surface area contributed by atoms with Crippen LogP contribution in [0.4, 0.5) is 5.69 Å². The fourth-order valence-corrected chi connectivity index (χ4v) is 4.73. The van der Waals surface area contributed by atoms with Gasteiger partial charge in [0.15, 0.2) is 0 Å². The van der Waals surface area contributed by atoms with Gasteiger partial charge in [0.05, 0.1) is 0 Å². The van der Waals surface area contributed by atoms with Crippen LogP contribution >= 0.6 is 0 Å². The van der Waals surface area contributed by atoms with Gasteiger partial charge < -0.3 is 4.90 Å². The van der Waals surface area contributed by atoms with Crippen LogP contribution in [0.15, 0.2) is 91.0 Å². The van der Waals surface area contributed by atoms with Crippen LogP contribution in [0.2, 0.25) is 0 Å². The first-order valence-corrected chi connectivity index (χ1v) is 10.1. The van der Waals surface area contributed by atoms with Crippen LogP contribution in [0.25, 0.3) is 53.9 Å². The summed E-state index contributed by atoms with van der Waals surface area (Å²) in [6.07, 6.45) is 0. The summed E-state index contributed by atoms with van der Waals surface area (Å²) >= 11 is 0. The van der Waals surface area contributed by atoms with Crippen molar-refractivity contribution >= 4 is 59.5 Å². The molecule has 0 aliphatic rings. The zero-order valence-electron chi connectivity index (χ0n) is 16.6. The molecule has 1 nitrogen and oxygen atoms in total. The normalized spacial score (nSPS) is 11.8. The van der Waals surface area contributed by atoms with Gasteiger partial charge in [0.25, 0.3) is 0 Å². The number of rotatable bonds is 1. The quantitative estimate of drug-likeness (QED) is 0.270. The van der Waals surface area contributed by atoms with Crippen LogP contribution in [-0.2, 0) is 0 Å². The number of hydrogen-bond acceptors (Lipinski definition) is 1. The Morgan fingerprint density at radius 2 is 0.862 bits per heavy atom. The van der Waals surface area contributed by atoms with E-state index < -0.39 is 0 Å². The fourth-order valence-electron chi connectivity index (χ4n) is 4.73. The second kappa shape index (κ2) is 5.96. The highest BCUT2D eigenvalue weighted by molar-refractivity contribution is 6.25. The molecule has 29 heavy (non-hydrogen) atoms. The molecule has 0 bridgehead atoms. The zero-order chi connectivity index (χ0) is 19.5. The Hall–Kier alpha value is -3.58. The molecule has 6 aromatic rings. The minimum atomic E-state index is 1.23. The van der Waals surface area contributed by atoms with Crippen molar-refractivity contribution in [3.05, 3.63) is 91.0 Å². The molecule has 0 aliphatic heterocycles. The monoisotopic (exact) mass is 371 g/mol. The topological polar surface area (TPSA) is 3.24 Å². The van der Waals surface area contributed by atoms with E-state index in [1.807, 2.05) is 0 Å². The predicted molar refractivity (Wildman–Crippen MR) is 128 cm³/mol. The van der Waals surface area contributed by atoms with Crippen molar-refractivity contribution in [2.24, 2.45) is 0 Å². The molecule has 0 saturated heterocycles. The molecule has 6 rings (SSSR count). The van der Waals surface area contributed by atoms with Crippen molar-refractivity contribution in [1.29, 1.82) is 0 Å². The van der Waals surface area contributed by atoms with Crippen LogP contribution in [-0.4, -0.2) is 14.1 Å². The van der Waals surface area contributed by atoms with Crippen molar-refractivity contribution in [2.45, 2.75) is 0 Å². The third-order valence-corrected chi connectivity index (χ3v) is 6.24. The van der Waals surface area contributed by atoms with Crippen molar-refractivity contribution in [1.82, 2.24) is 0 Å². The largest absolute Gasteiger partial charge is 0.378 e. The first kappa shape index (κ1) is 16.4. The van der Waals surface area contributed by atoms with Gasteiger partial charge in [0, 0.05) is 19.8 Å². The van der Waals surface area contributed by atoms with Crippen LogP contribution in [0.3, 0.4) is 0 Å². The number of fused-ring (bicyclic) bond motifs is 9. The molecule has 0 heterocycles. The Morgan fingerprint density at radius 1 is 0.414 bits per heavy atom. The van der Waals surface area contributed by atoms with Crippen molar-refractivity contribution in [3.8, 4) is 0 Å². The zero-order valence-corrected chi connectivity index (χ0v) is 16.6. The molecule has 1 heteroatoms. The van der Waals surface area contributed by atoms with Gasteiger partial charge in [0.1, 0.15) is 0 Å². The van der Waals surface area contributed by atoms with E-state index in [-0.39, 0.29) is 0 Å². The molecule has 6 aromatic carbocycles. The summed E-state index contributed by atoms with van der Waals surface area (Å²) in [4.78, 5) is 2.15. The first-order chi connectivity index (χ1) is 14.2. The van der Waals surface area contributed by atoms with E-state index in [1.54, 1.807) is 0 Å². The summed E-state index contributed by atoms with van der Waals surface area (Å²) in [5, 5.41) is 13.2. The lowest BCUT2D eigenvalue weighted by molar-refractivity contribution is 1.14. The molecule has 0 unspecified atom stereocenters. The molecule has 0 radical (unpaired) electrons. The number of nitrogens with zero attached hydrogens (tertiary/aromatic N) is 1. The minimum absolute atomic E-state index is 1.23. The third kappa shape index (κ3) is 2.34. The van der Waals surface area contributed by atoms with Crippen LogP contribution in [0.1, 0.15) is 0 Å². The molecule has 0 saturated carbocycles. The highest BCUT2D eigenvalue weighted by Gasteiger charge is 2.09. The van der Waals surface area contributed by atoms with Crippen LogP contribution < -0.4 is 4.90 Å². The molecule has 0 aliphatic carbocycles. The van der Waals surface area contributed by atoms with Gasteiger partial charge >= 0.3 is 0 Å². The molecule has 0 atom stereocenters. The molecule has 0 aromatic heterocycles. The van der Waals surface area contributed by atoms with Crippen molar-refractivity contribution in [3.63, 3.8) is 0 Å². The minimum Gasteiger partial charge on any atom is -0.378 e. The van der Waals surface area contributed by atoms with E-state index in [0.717, 1.165) is 0 Å². The Labute approximate surface area is 169 Å². The fraction of sp³-hybridized carbons (Fsp3) is 0.0714. The first-order valence-electron chi connectivity index (χ1n) is 10.1. The van der Waals surface area contributed by atoms with Crippen LogP contribution in [0, 0.1) is 0 Å². The Balaban J connectivity index is 1.71. The summed E-state index contributed by atoms with van der Waals surface area (Å²) in [7, 11) is 4.18. The maximum Gasteiger partial charge on any atom is 0.0367 e. The van der Waals surface area contributed by atoms with E-state index in [2.05, 4.69) is 110 Å². The predicted octanol–water partition coefficient (Wildman–Crippen LogP) is 7.52.